The van der Waals surface area contributed by atoms with Crippen molar-refractivity contribution >= 4 is 5.97 Å². The van der Waals surface area contributed by atoms with E-state index < -0.39 is 11.4 Å². The molecule has 0 saturated carbocycles. The van der Waals surface area contributed by atoms with Gasteiger partial charge in [-0.05, 0) is 18.8 Å². The average Bonchev–Trinajstić information content (AvgIpc) is 2.18. The third-order valence-electron chi connectivity index (χ3n) is 3.26. The quantitative estimate of drug-likeness (QED) is 0.636. The Kier molecular flexibility index (Phi) is 5.51. The lowest BCUT2D eigenvalue weighted by molar-refractivity contribution is -0.152. The van der Waals surface area contributed by atoms with Crippen molar-refractivity contribution in [3.63, 3.8) is 0 Å². The maximum atomic E-state index is 11.3. The number of carboxylic acids is 1. The molecule has 2 nitrogen and oxygen atoms in total. The van der Waals surface area contributed by atoms with Gasteiger partial charge in [-0.2, -0.15) is 0 Å². The predicted molar refractivity (Wildman–Crippen MR) is 59.2 cm³/mol. The van der Waals surface area contributed by atoms with Gasteiger partial charge in [0.2, 0.25) is 0 Å². The van der Waals surface area contributed by atoms with Gasteiger partial charge in [0.25, 0.3) is 0 Å². The van der Waals surface area contributed by atoms with Crippen molar-refractivity contribution in [2.45, 2.75) is 46.5 Å². The van der Waals surface area contributed by atoms with Gasteiger partial charge in [0.05, 0.1) is 5.41 Å². The molecule has 0 saturated heterocycles. The minimum atomic E-state index is -0.680. The van der Waals surface area contributed by atoms with Crippen molar-refractivity contribution in [2.24, 2.45) is 11.3 Å². The molecular weight excluding hydrogens is 176 g/mol. The van der Waals surface area contributed by atoms with Crippen LogP contribution < -0.4 is 0 Å². The van der Waals surface area contributed by atoms with Crippen LogP contribution in [0.25, 0.3) is 0 Å². The second-order valence-electron chi connectivity index (χ2n) is 3.94. The molecule has 0 rings (SSSR count). The number of rotatable bonds is 7. The van der Waals surface area contributed by atoms with E-state index in [1.807, 2.05) is 13.8 Å². The second-order valence-corrected chi connectivity index (χ2v) is 3.94. The van der Waals surface area contributed by atoms with Crippen LogP contribution in [-0.2, 0) is 4.79 Å². The number of aliphatic carboxylic acids is 1. The van der Waals surface area contributed by atoms with Gasteiger partial charge in [0.1, 0.15) is 0 Å². The van der Waals surface area contributed by atoms with Crippen LogP contribution in [0.2, 0.25) is 0 Å². The lowest BCUT2D eigenvalue weighted by Crippen LogP contribution is -2.36. The first-order valence-corrected chi connectivity index (χ1v) is 5.41. The van der Waals surface area contributed by atoms with Crippen LogP contribution >= 0.6 is 0 Å². The van der Waals surface area contributed by atoms with Crippen molar-refractivity contribution < 1.29 is 9.90 Å². The molecule has 0 aromatic rings. The topological polar surface area (TPSA) is 37.3 Å². The summed E-state index contributed by atoms with van der Waals surface area (Å²) < 4.78 is 0. The molecule has 0 spiro atoms. The van der Waals surface area contributed by atoms with E-state index in [1.165, 1.54) is 0 Å². The van der Waals surface area contributed by atoms with Gasteiger partial charge in [0.15, 0.2) is 0 Å². The van der Waals surface area contributed by atoms with E-state index in [1.54, 1.807) is 6.08 Å². The summed E-state index contributed by atoms with van der Waals surface area (Å²) in [4.78, 5) is 11.3. The molecule has 0 aliphatic heterocycles. The zero-order valence-electron chi connectivity index (χ0n) is 9.55. The molecule has 0 amide bonds. The number of unbranched alkanes of at least 4 members (excludes halogenated alkanes) is 1. The summed E-state index contributed by atoms with van der Waals surface area (Å²) in [5.74, 6) is -0.641. The molecule has 1 N–H and O–H groups in total. The monoisotopic (exact) mass is 198 g/mol. The van der Waals surface area contributed by atoms with Crippen LogP contribution in [0, 0.1) is 11.3 Å². The molecule has 14 heavy (non-hydrogen) atoms. The van der Waals surface area contributed by atoms with Crippen LogP contribution in [0.5, 0.6) is 0 Å². The Balaban J connectivity index is 4.77. The van der Waals surface area contributed by atoms with E-state index in [0.717, 1.165) is 19.3 Å². The van der Waals surface area contributed by atoms with Gasteiger partial charge in [-0.3, -0.25) is 4.79 Å². The molecule has 0 heterocycles. The molecule has 2 atom stereocenters. The van der Waals surface area contributed by atoms with Crippen LogP contribution in [0.15, 0.2) is 12.7 Å². The zero-order chi connectivity index (χ0) is 11.2. The Bertz CT molecular complexity index is 198. The predicted octanol–water partition coefficient (Wildman–Crippen LogP) is 3.48. The van der Waals surface area contributed by atoms with Crippen molar-refractivity contribution in [3.8, 4) is 0 Å². The highest BCUT2D eigenvalue weighted by atomic mass is 16.4. The Morgan fingerprint density at radius 2 is 2.14 bits per heavy atom. The van der Waals surface area contributed by atoms with Gasteiger partial charge in [-0.25, -0.2) is 0 Å². The maximum absolute atomic E-state index is 11.3. The summed E-state index contributed by atoms with van der Waals surface area (Å²) >= 11 is 0. The first kappa shape index (κ1) is 13.2. The van der Waals surface area contributed by atoms with Gasteiger partial charge < -0.3 is 5.11 Å². The van der Waals surface area contributed by atoms with Crippen molar-refractivity contribution in [3.05, 3.63) is 12.7 Å². The fraction of sp³-hybridized carbons (Fsp3) is 0.750. The molecule has 82 valence electrons. The molecular formula is C12H22O2. The Hall–Kier alpha value is -0.790. The summed E-state index contributed by atoms with van der Waals surface area (Å²) in [6, 6.07) is 0. The van der Waals surface area contributed by atoms with E-state index in [0.29, 0.717) is 6.42 Å². The van der Waals surface area contributed by atoms with Gasteiger partial charge >= 0.3 is 5.97 Å². The molecule has 0 aliphatic carbocycles. The zero-order valence-corrected chi connectivity index (χ0v) is 9.55. The highest BCUT2D eigenvalue weighted by Gasteiger charge is 2.39. The molecule has 0 aliphatic rings. The Morgan fingerprint density at radius 3 is 2.43 bits per heavy atom. The normalized spacial score (nSPS) is 17.1. The average molecular weight is 198 g/mol. The fourth-order valence-electron chi connectivity index (χ4n) is 1.90. The van der Waals surface area contributed by atoms with Crippen molar-refractivity contribution in [2.75, 3.05) is 0 Å². The van der Waals surface area contributed by atoms with E-state index in [4.69, 9.17) is 0 Å². The SMILES string of the molecule is C=CC(C)C(CC)(CCCC)C(=O)O. The number of carboxylic acid groups (broad SMARTS) is 1. The molecule has 2 unspecified atom stereocenters. The van der Waals surface area contributed by atoms with Gasteiger partial charge in [0, 0.05) is 0 Å². The minimum Gasteiger partial charge on any atom is -0.481 e. The number of hydrogen-bond acceptors (Lipinski definition) is 1. The molecule has 0 radical (unpaired) electrons. The first-order valence-electron chi connectivity index (χ1n) is 5.41. The second kappa shape index (κ2) is 5.84. The van der Waals surface area contributed by atoms with Crippen LogP contribution in [-0.4, -0.2) is 11.1 Å². The van der Waals surface area contributed by atoms with E-state index in [-0.39, 0.29) is 5.92 Å². The Morgan fingerprint density at radius 1 is 1.57 bits per heavy atom. The van der Waals surface area contributed by atoms with Crippen LogP contribution in [0.3, 0.4) is 0 Å². The number of hydrogen-bond donors (Lipinski definition) is 1. The fourth-order valence-corrected chi connectivity index (χ4v) is 1.90. The summed E-state index contributed by atoms with van der Waals surface area (Å²) in [7, 11) is 0. The highest BCUT2D eigenvalue weighted by molar-refractivity contribution is 5.75. The number of allylic oxidation sites excluding steroid dienone is 1. The van der Waals surface area contributed by atoms with Crippen LogP contribution in [0.4, 0.5) is 0 Å². The highest BCUT2D eigenvalue weighted by Crippen LogP contribution is 2.38. The lowest BCUT2D eigenvalue weighted by Gasteiger charge is -2.32. The maximum Gasteiger partial charge on any atom is 0.310 e. The minimum absolute atomic E-state index is 0.0385. The summed E-state index contributed by atoms with van der Waals surface area (Å²) in [6.45, 7) is 9.68. The summed E-state index contributed by atoms with van der Waals surface area (Å²) in [6.07, 6.45) is 5.20. The summed E-state index contributed by atoms with van der Waals surface area (Å²) in [5.41, 5.74) is -0.599. The van der Waals surface area contributed by atoms with E-state index in [9.17, 15) is 9.90 Å². The lowest BCUT2D eigenvalue weighted by atomic mass is 9.71. The third-order valence-corrected chi connectivity index (χ3v) is 3.26. The third kappa shape index (κ3) is 2.60. The smallest absolute Gasteiger partial charge is 0.310 e. The Labute approximate surface area is 87.0 Å². The molecule has 2 heteroatoms. The van der Waals surface area contributed by atoms with E-state index >= 15 is 0 Å². The van der Waals surface area contributed by atoms with Crippen molar-refractivity contribution in [1.29, 1.82) is 0 Å². The van der Waals surface area contributed by atoms with Gasteiger partial charge in [-0.1, -0.05) is 39.7 Å². The summed E-state index contributed by atoms with van der Waals surface area (Å²) in [5, 5.41) is 9.30. The molecule has 0 bridgehead atoms. The largest absolute Gasteiger partial charge is 0.481 e. The van der Waals surface area contributed by atoms with E-state index in [2.05, 4.69) is 13.5 Å². The van der Waals surface area contributed by atoms with Crippen LogP contribution in [0.1, 0.15) is 46.5 Å². The van der Waals surface area contributed by atoms with Crippen molar-refractivity contribution in [1.82, 2.24) is 0 Å². The standard InChI is InChI=1S/C12H22O2/c1-5-8-9-12(7-3,11(13)14)10(4)6-2/h6,10H,2,5,7-9H2,1,3-4H3,(H,13,14). The molecule has 0 aromatic heterocycles. The number of carbonyl (C=O) groups is 1. The first-order chi connectivity index (χ1) is 6.55. The molecule has 0 aromatic carbocycles. The van der Waals surface area contributed by atoms with Gasteiger partial charge in [-0.15, -0.1) is 6.58 Å². The molecule has 0 fully saturated rings.